The van der Waals surface area contributed by atoms with Crippen molar-refractivity contribution in [2.75, 3.05) is 19.8 Å². The van der Waals surface area contributed by atoms with E-state index in [9.17, 15) is 0 Å². The molecule has 3 atom stereocenters. The van der Waals surface area contributed by atoms with E-state index in [0.717, 1.165) is 25.7 Å². The predicted octanol–water partition coefficient (Wildman–Crippen LogP) is 2.16. The fourth-order valence-corrected chi connectivity index (χ4v) is 2.85. The van der Waals surface area contributed by atoms with E-state index in [-0.39, 0.29) is 0 Å². The summed E-state index contributed by atoms with van der Waals surface area (Å²) in [4.78, 5) is 0. The van der Waals surface area contributed by atoms with Gasteiger partial charge in [-0.3, -0.25) is 0 Å². The minimum absolute atomic E-state index is 0.426. The third-order valence-electron chi connectivity index (χ3n) is 3.34. The first-order valence-electron chi connectivity index (χ1n) is 5.80. The standard InChI is InChI=1S/C11H20ClNO/c12-10-3-1-2-9(6-10)7-13-11-4-5-14-8-11/h9-11,13H,1-8H2. The Kier molecular flexibility index (Phi) is 4.09. The number of halogens is 1. The SMILES string of the molecule is ClC1CCCC(CNC2CCOC2)C1. The van der Waals surface area contributed by atoms with Gasteiger partial charge in [-0.25, -0.2) is 0 Å². The molecule has 3 unspecified atom stereocenters. The molecular weight excluding hydrogens is 198 g/mol. The van der Waals surface area contributed by atoms with Gasteiger partial charge in [0.05, 0.1) is 6.61 Å². The van der Waals surface area contributed by atoms with Gasteiger partial charge in [0.15, 0.2) is 0 Å². The van der Waals surface area contributed by atoms with Gasteiger partial charge < -0.3 is 10.1 Å². The van der Waals surface area contributed by atoms with Crippen molar-refractivity contribution in [2.45, 2.75) is 43.5 Å². The summed E-state index contributed by atoms with van der Waals surface area (Å²) < 4.78 is 5.33. The van der Waals surface area contributed by atoms with Crippen molar-refractivity contribution < 1.29 is 4.74 Å². The van der Waals surface area contributed by atoms with Crippen molar-refractivity contribution in [1.82, 2.24) is 5.32 Å². The minimum Gasteiger partial charge on any atom is -0.380 e. The fraction of sp³-hybridized carbons (Fsp3) is 1.00. The molecule has 1 aliphatic carbocycles. The molecule has 3 heteroatoms. The molecule has 2 nitrogen and oxygen atoms in total. The van der Waals surface area contributed by atoms with E-state index in [4.69, 9.17) is 16.3 Å². The summed E-state index contributed by atoms with van der Waals surface area (Å²) in [5.74, 6) is 0.798. The van der Waals surface area contributed by atoms with Gasteiger partial charge in [0.1, 0.15) is 0 Å². The number of hydrogen-bond acceptors (Lipinski definition) is 2. The van der Waals surface area contributed by atoms with E-state index in [1.165, 1.54) is 32.1 Å². The number of hydrogen-bond donors (Lipinski definition) is 1. The van der Waals surface area contributed by atoms with Crippen LogP contribution in [0.15, 0.2) is 0 Å². The van der Waals surface area contributed by atoms with Crippen molar-refractivity contribution in [1.29, 1.82) is 0 Å². The molecule has 82 valence electrons. The van der Waals surface area contributed by atoms with Crippen LogP contribution in [0.1, 0.15) is 32.1 Å². The highest BCUT2D eigenvalue weighted by molar-refractivity contribution is 6.20. The molecular formula is C11H20ClNO. The highest BCUT2D eigenvalue weighted by Crippen LogP contribution is 2.27. The highest BCUT2D eigenvalue weighted by atomic mass is 35.5. The average Bonchev–Trinajstić information content (AvgIpc) is 2.67. The summed E-state index contributed by atoms with van der Waals surface area (Å²) in [6.07, 6.45) is 6.25. The highest BCUT2D eigenvalue weighted by Gasteiger charge is 2.22. The lowest BCUT2D eigenvalue weighted by Gasteiger charge is -2.26. The van der Waals surface area contributed by atoms with E-state index in [1.54, 1.807) is 0 Å². The largest absolute Gasteiger partial charge is 0.380 e. The molecule has 1 N–H and O–H groups in total. The summed E-state index contributed by atoms with van der Waals surface area (Å²) in [5, 5.41) is 4.01. The average molecular weight is 218 g/mol. The molecule has 2 fully saturated rings. The molecule has 2 aliphatic rings. The second kappa shape index (κ2) is 5.34. The Balaban J connectivity index is 1.64. The molecule has 0 aromatic rings. The van der Waals surface area contributed by atoms with Gasteiger partial charge in [-0.1, -0.05) is 6.42 Å². The molecule has 1 heterocycles. The van der Waals surface area contributed by atoms with E-state index in [1.807, 2.05) is 0 Å². The van der Waals surface area contributed by atoms with Gasteiger partial charge >= 0.3 is 0 Å². The van der Waals surface area contributed by atoms with Crippen LogP contribution in [-0.2, 0) is 4.74 Å². The second-order valence-electron chi connectivity index (χ2n) is 4.60. The number of alkyl halides is 1. The van der Waals surface area contributed by atoms with Gasteiger partial charge in [0.2, 0.25) is 0 Å². The topological polar surface area (TPSA) is 21.3 Å². The van der Waals surface area contributed by atoms with Gasteiger partial charge in [-0.2, -0.15) is 0 Å². The van der Waals surface area contributed by atoms with E-state index < -0.39 is 0 Å². The molecule has 14 heavy (non-hydrogen) atoms. The van der Waals surface area contributed by atoms with E-state index in [0.29, 0.717) is 11.4 Å². The molecule has 0 aromatic heterocycles. The third-order valence-corrected chi connectivity index (χ3v) is 3.74. The Morgan fingerprint density at radius 2 is 2.21 bits per heavy atom. The van der Waals surface area contributed by atoms with Crippen molar-refractivity contribution >= 4 is 11.6 Å². The maximum atomic E-state index is 6.15. The minimum atomic E-state index is 0.426. The summed E-state index contributed by atoms with van der Waals surface area (Å²) >= 11 is 6.15. The summed E-state index contributed by atoms with van der Waals surface area (Å²) in [6.45, 7) is 2.97. The molecule has 1 saturated heterocycles. The zero-order valence-electron chi connectivity index (χ0n) is 8.68. The Morgan fingerprint density at radius 3 is 2.93 bits per heavy atom. The van der Waals surface area contributed by atoms with Crippen LogP contribution in [0.2, 0.25) is 0 Å². The Labute approximate surface area is 91.3 Å². The van der Waals surface area contributed by atoms with Crippen molar-refractivity contribution in [3.05, 3.63) is 0 Å². The third kappa shape index (κ3) is 3.11. The Bertz CT molecular complexity index is 171. The Hall–Kier alpha value is 0.210. The molecule has 1 aliphatic heterocycles. The first-order chi connectivity index (χ1) is 6.84. The van der Waals surface area contributed by atoms with Gasteiger partial charge in [-0.05, 0) is 38.1 Å². The summed E-state index contributed by atoms with van der Waals surface area (Å²) in [7, 11) is 0. The monoisotopic (exact) mass is 217 g/mol. The molecule has 1 saturated carbocycles. The van der Waals surface area contributed by atoms with E-state index in [2.05, 4.69) is 5.32 Å². The lowest BCUT2D eigenvalue weighted by molar-refractivity contribution is 0.188. The zero-order chi connectivity index (χ0) is 9.80. The second-order valence-corrected chi connectivity index (χ2v) is 5.22. The van der Waals surface area contributed by atoms with Crippen LogP contribution in [0.25, 0.3) is 0 Å². The molecule has 0 spiro atoms. The zero-order valence-corrected chi connectivity index (χ0v) is 9.43. The number of rotatable bonds is 3. The van der Waals surface area contributed by atoms with Crippen LogP contribution in [0.5, 0.6) is 0 Å². The van der Waals surface area contributed by atoms with Crippen LogP contribution < -0.4 is 5.32 Å². The first-order valence-corrected chi connectivity index (χ1v) is 6.23. The van der Waals surface area contributed by atoms with Gasteiger partial charge in [0.25, 0.3) is 0 Å². The molecule has 0 radical (unpaired) electrons. The number of ether oxygens (including phenoxy) is 1. The van der Waals surface area contributed by atoms with Crippen LogP contribution in [0.3, 0.4) is 0 Å². The smallest absolute Gasteiger partial charge is 0.0620 e. The van der Waals surface area contributed by atoms with Crippen LogP contribution in [0, 0.1) is 5.92 Å². The molecule has 2 rings (SSSR count). The number of nitrogens with one attached hydrogen (secondary N) is 1. The van der Waals surface area contributed by atoms with Gasteiger partial charge in [-0.15, -0.1) is 11.6 Å². The van der Waals surface area contributed by atoms with E-state index >= 15 is 0 Å². The molecule has 0 amide bonds. The van der Waals surface area contributed by atoms with Crippen LogP contribution in [-0.4, -0.2) is 31.2 Å². The first kappa shape index (κ1) is 10.7. The lowest BCUT2D eigenvalue weighted by atomic mass is 9.89. The van der Waals surface area contributed by atoms with Gasteiger partial charge in [0, 0.05) is 18.0 Å². The van der Waals surface area contributed by atoms with Crippen molar-refractivity contribution in [2.24, 2.45) is 5.92 Å². The van der Waals surface area contributed by atoms with Crippen LogP contribution in [0.4, 0.5) is 0 Å². The summed E-state index contributed by atoms with van der Waals surface area (Å²) in [6, 6.07) is 0.603. The maximum absolute atomic E-state index is 6.15. The summed E-state index contributed by atoms with van der Waals surface area (Å²) in [5.41, 5.74) is 0. The quantitative estimate of drug-likeness (QED) is 0.732. The van der Waals surface area contributed by atoms with Crippen LogP contribution >= 0.6 is 11.6 Å². The fourth-order valence-electron chi connectivity index (χ4n) is 2.44. The maximum Gasteiger partial charge on any atom is 0.0620 e. The molecule has 0 aromatic carbocycles. The normalized spacial score (nSPS) is 38.8. The van der Waals surface area contributed by atoms with Crippen molar-refractivity contribution in [3.8, 4) is 0 Å². The Morgan fingerprint density at radius 1 is 1.29 bits per heavy atom. The lowest BCUT2D eigenvalue weighted by Crippen LogP contribution is -2.35. The molecule has 0 bridgehead atoms. The van der Waals surface area contributed by atoms with Crippen molar-refractivity contribution in [3.63, 3.8) is 0 Å². The predicted molar refractivity (Wildman–Crippen MR) is 58.8 cm³/mol.